The topological polar surface area (TPSA) is 77.8 Å². The molecule has 6 nitrogen and oxygen atoms in total. The minimum Gasteiger partial charge on any atom is -0.486 e. The fourth-order valence-corrected chi connectivity index (χ4v) is 2.23. The van der Waals surface area contributed by atoms with E-state index >= 15 is 0 Å². The van der Waals surface area contributed by atoms with Crippen LogP contribution in [0.2, 0.25) is 0 Å². The summed E-state index contributed by atoms with van der Waals surface area (Å²) in [5.41, 5.74) is 0. The second kappa shape index (κ2) is 10.2. The van der Waals surface area contributed by atoms with Crippen LogP contribution in [0, 0.1) is 5.82 Å². The van der Waals surface area contributed by atoms with Crippen LogP contribution in [0.4, 0.5) is 4.39 Å². The normalized spacial score (nSPS) is 10.4. The Bertz CT molecular complexity index is 711. The monoisotopic (exact) mass is 363 g/mol. The highest BCUT2D eigenvalue weighted by Crippen LogP contribution is 2.15. The van der Waals surface area contributed by atoms with Crippen LogP contribution in [0.3, 0.4) is 0 Å². The fraction of sp³-hybridized carbons (Fsp3) is 0.368. The summed E-state index contributed by atoms with van der Waals surface area (Å²) in [5.74, 6) is 0.362. The molecule has 2 aromatic rings. The van der Waals surface area contributed by atoms with E-state index in [2.05, 4.69) is 10.1 Å². The zero-order chi connectivity index (χ0) is 18.8. The van der Waals surface area contributed by atoms with Crippen molar-refractivity contribution in [3.63, 3.8) is 0 Å². The molecule has 26 heavy (non-hydrogen) atoms. The molecule has 0 atom stereocenters. The number of ether oxygens (including phenoxy) is 2. The first-order valence-electron chi connectivity index (χ1n) is 8.40. The molecule has 0 saturated heterocycles. The predicted octanol–water partition coefficient (Wildman–Crippen LogP) is 3.46. The maximum atomic E-state index is 12.8. The highest BCUT2D eigenvalue weighted by atomic mass is 19.1. The third-order valence-electron chi connectivity index (χ3n) is 3.65. The number of benzene rings is 1. The van der Waals surface area contributed by atoms with Gasteiger partial charge >= 0.3 is 5.97 Å². The Morgan fingerprint density at radius 1 is 1.08 bits per heavy atom. The van der Waals surface area contributed by atoms with Crippen LogP contribution >= 0.6 is 0 Å². The third kappa shape index (κ3) is 6.58. The average Bonchev–Trinajstić information content (AvgIpc) is 3.12. The van der Waals surface area contributed by atoms with Gasteiger partial charge in [0.15, 0.2) is 5.76 Å². The van der Waals surface area contributed by atoms with E-state index in [4.69, 9.17) is 9.15 Å². The van der Waals surface area contributed by atoms with Crippen molar-refractivity contribution in [2.24, 2.45) is 0 Å². The van der Waals surface area contributed by atoms with Crippen molar-refractivity contribution in [2.45, 2.75) is 32.3 Å². The largest absolute Gasteiger partial charge is 0.486 e. The lowest BCUT2D eigenvalue weighted by Gasteiger charge is -2.04. The second-order valence-electron chi connectivity index (χ2n) is 5.65. The van der Waals surface area contributed by atoms with Crippen molar-refractivity contribution in [1.82, 2.24) is 5.32 Å². The average molecular weight is 363 g/mol. The molecule has 1 aromatic carbocycles. The summed E-state index contributed by atoms with van der Waals surface area (Å²) in [6.07, 6.45) is 2.71. The second-order valence-corrected chi connectivity index (χ2v) is 5.65. The summed E-state index contributed by atoms with van der Waals surface area (Å²) in [7, 11) is 1.37. The maximum Gasteiger partial charge on any atom is 0.305 e. The molecular weight excluding hydrogens is 341 g/mol. The minimum atomic E-state index is -0.334. The van der Waals surface area contributed by atoms with E-state index in [9.17, 15) is 14.0 Å². The number of rotatable bonds is 10. The number of unbranched alkanes of at least 4 members (excludes halogenated alkanes) is 2. The molecule has 1 amide bonds. The Morgan fingerprint density at radius 2 is 1.85 bits per heavy atom. The van der Waals surface area contributed by atoms with Gasteiger partial charge in [-0.05, 0) is 49.2 Å². The van der Waals surface area contributed by atoms with Gasteiger partial charge in [-0.15, -0.1) is 0 Å². The van der Waals surface area contributed by atoms with E-state index < -0.39 is 0 Å². The standard InChI is InChI=1S/C19H22FNO5/c1-24-18(22)5-3-2-4-12-21-19(23)17-11-10-16(26-17)13-25-15-8-6-14(20)7-9-15/h6-11H,2-5,12-13H2,1H3,(H,21,23). The number of amides is 1. The molecule has 140 valence electrons. The highest BCUT2D eigenvalue weighted by molar-refractivity contribution is 5.91. The SMILES string of the molecule is COC(=O)CCCCCNC(=O)c1ccc(COc2ccc(F)cc2)o1. The lowest BCUT2D eigenvalue weighted by Crippen LogP contribution is -2.23. The van der Waals surface area contributed by atoms with Crippen LogP contribution < -0.4 is 10.1 Å². The summed E-state index contributed by atoms with van der Waals surface area (Å²) in [4.78, 5) is 23.0. The summed E-state index contributed by atoms with van der Waals surface area (Å²) >= 11 is 0. The van der Waals surface area contributed by atoms with Crippen LogP contribution in [0.1, 0.15) is 42.0 Å². The van der Waals surface area contributed by atoms with Gasteiger partial charge < -0.3 is 19.2 Å². The minimum absolute atomic E-state index is 0.145. The Hall–Kier alpha value is -2.83. The van der Waals surface area contributed by atoms with Crippen LogP contribution in [0.15, 0.2) is 40.8 Å². The summed E-state index contributed by atoms with van der Waals surface area (Å²) in [6.45, 7) is 0.647. The quantitative estimate of drug-likeness (QED) is 0.517. The van der Waals surface area contributed by atoms with Crippen molar-refractivity contribution >= 4 is 11.9 Å². The molecule has 2 rings (SSSR count). The van der Waals surface area contributed by atoms with E-state index in [1.807, 2.05) is 0 Å². The summed E-state index contributed by atoms with van der Waals surface area (Å²) in [5, 5.41) is 2.76. The predicted molar refractivity (Wildman–Crippen MR) is 92.3 cm³/mol. The van der Waals surface area contributed by atoms with Gasteiger partial charge in [0.2, 0.25) is 0 Å². The first-order chi connectivity index (χ1) is 12.6. The number of methoxy groups -OCH3 is 1. The van der Waals surface area contributed by atoms with Crippen molar-refractivity contribution in [1.29, 1.82) is 0 Å². The van der Waals surface area contributed by atoms with Crippen molar-refractivity contribution in [3.05, 3.63) is 53.7 Å². The molecule has 0 bridgehead atoms. The van der Waals surface area contributed by atoms with E-state index in [1.165, 1.54) is 31.4 Å². The first-order valence-corrected chi connectivity index (χ1v) is 8.40. The van der Waals surface area contributed by atoms with Gasteiger partial charge in [0.1, 0.15) is 23.9 Å². The van der Waals surface area contributed by atoms with Crippen LogP contribution in [0.25, 0.3) is 0 Å². The number of furan rings is 1. The van der Waals surface area contributed by atoms with Crippen LogP contribution in [-0.2, 0) is 16.1 Å². The molecule has 0 aliphatic heterocycles. The molecule has 0 saturated carbocycles. The maximum absolute atomic E-state index is 12.8. The summed E-state index contributed by atoms with van der Waals surface area (Å²) < 4.78 is 28.3. The van der Waals surface area contributed by atoms with Crippen LogP contribution in [0.5, 0.6) is 5.75 Å². The molecular formula is C19H22FNO5. The molecule has 0 spiro atoms. The number of nitrogens with one attached hydrogen (secondary N) is 1. The van der Waals surface area contributed by atoms with E-state index in [-0.39, 0.29) is 30.1 Å². The fourth-order valence-electron chi connectivity index (χ4n) is 2.23. The molecule has 0 aliphatic rings. The Labute approximate surface area is 151 Å². The number of hydrogen-bond acceptors (Lipinski definition) is 5. The molecule has 0 aliphatic carbocycles. The van der Waals surface area contributed by atoms with Crippen molar-refractivity contribution in [3.8, 4) is 5.75 Å². The van der Waals surface area contributed by atoms with Crippen LogP contribution in [-0.4, -0.2) is 25.5 Å². The zero-order valence-electron chi connectivity index (χ0n) is 14.6. The molecule has 0 radical (unpaired) electrons. The lowest BCUT2D eigenvalue weighted by atomic mass is 10.2. The molecule has 0 fully saturated rings. The smallest absolute Gasteiger partial charge is 0.305 e. The Morgan fingerprint density at radius 3 is 2.58 bits per heavy atom. The van der Waals surface area contributed by atoms with Crippen molar-refractivity contribution < 1.29 is 27.9 Å². The zero-order valence-corrected chi connectivity index (χ0v) is 14.6. The number of hydrogen-bond donors (Lipinski definition) is 1. The third-order valence-corrected chi connectivity index (χ3v) is 3.65. The van der Waals surface area contributed by atoms with Gasteiger partial charge in [-0.1, -0.05) is 6.42 Å². The van der Waals surface area contributed by atoms with Gasteiger partial charge in [-0.25, -0.2) is 4.39 Å². The first kappa shape index (κ1) is 19.5. The van der Waals surface area contributed by atoms with Gasteiger partial charge in [0.25, 0.3) is 5.91 Å². The molecule has 7 heteroatoms. The Balaban J connectivity index is 1.67. The van der Waals surface area contributed by atoms with E-state index in [1.54, 1.807) is 12.1 Å². The van der Waals surface area contributed by atoms with Gasteiger partial charge in [0.05, 0.1) is 7.11 Å². The highest BCUT2D eigenvalue weighted by Gasteiger charge is 2.11. The van der Waals surface area contributed by atoms with Gasteiger partial charge in [-0.2, -0.15) is 0 Å². The Kier molecular flexibility index (Phi) is 7.67. The van der Waals surface area contributed by atoms with Gasteiger partial charge in [-0.3, -0.25) is 9.59 Å². The van der Waals surface area contributed by atoms with Gasteiger partial charge in [0, 0.05) is 13.0 Å². The molecule has 0 unspecified atom stereocenters. The molecule has 1 heterocycles. The number of esters is 1. The van der Waals surface area contributed by atoms with E-state index in [0.717, 1.165) is 19.3 Å². The van der Waals surface area contributed by atoms with Crippen molar-refractivity contribution in [2.75, 3.05) is 13.7 Å². The number of halogens is 1. The molecule has 1 aromatic heterocycles. The number of carbonyl (C=O) groups is 2. The lowest BCUT2D eigenvalue weighted by molar-refractivity contribution is -0.140. The summed E-state index contributed by atoms with van der Waals surface area (Å²) in [6, 6.07) is 8.89. The molecule has 1 N–H and O–H groups in total. The number of carbonyl (C=O) groups excluding carboxylic acids is 2. The van der Waals surface area contributed by atoms with E-state index in [0.29, 0.717) is 24.5 Å².